The van der Waals surface area contributed by atoms with E-state index in [0.717, 1.165) is 0 Å². The van der Waals surface area contributed by atoms with Crippen LogP contribution < -0.4 is 9.62 Å². The first-order valence-electron chi connectivity index (χ1n) is 7.66. The van der Waals surface area contributed by atoms with Crippen molar-refractivity contribution in [2.45, 2.75) is 17.9 Å². The number of hydrogen-bond acceptors (Lipinski definition) is 4. The van der Waals surface area contributed by atoms with Crippen molar-refractivity contribution in [1.29, 1.82) is 0 Å². The number of nitrogens with one attached hydrogen (secondary N) is 1. The second kappa shape index (κ2) is 6.81. The number of halogens is 1. The molecule has 2 aromatic rings. The molecule has 0 saturated carbocycles. The first-order chi connectivity index (χ1) is 11.9. The van der Waals surface area contributed by atoms with Gasteiger partial charge in [0.1, 0.15) is 11.9 Å². The first kappa shape index (κ1) is 17.4. The Morgan fingerprint density at radius 2 is 2.00 bits per heavy atom. The molecule has 0 bridgehead atoms. The van der Waals surface area contributed by atoms with E-state index in [0.29, 0.717) is 11.3 Å². The minimum atomic E-state index is -3.70. The highest BCUT2D eigenvalue weighted by atomic mass is 32.2. The van der Waals surface area contributed by atoms with E-state index >= 15 is 0 Å². The lowest BCUT2D eigenvalue weighted by Gasteiger charge is -2.13. The van der Waals surface area contributed by atoms with Crippen LogP contribution in [0.5, 0.6) is 0 Å². The van der Waals surface area contributed by atoms with Crippen molar-refractivity contribution in [2.24, 2.45) is 0 Å². The van der Waals surface area contributed by atoms with E-state index in [1.54, 1.807) is 31.2 Å². The molecule has 0 aliphatic carbocycles. The fourth-order valence-electron chi connectivity index (χ4n) is 2.62. The van der Waals surface area contributed by atoms with Crippen LogP contribution in [0.3, 0.4) is 0 Å². The van der Waals surface area contributed by atoms with Crippen molar-refractivity contribution >= 4 is 21.8 Å². The van der Waals surface area contributed by atoms with E-state index in [9.17, 15) is 17.6 Å². The third-order valence-corrected chi connectivity index (χ3v) is 5.46. The van der Waals surface area contributed by atoms with Crippen molar-refractivity contribution in [3.05, 3.63) is 59.9 Å². The van der Waals surface area contributed by atoms with E-state index in [1.165, 1.54) is 29.2 Å². The van der Waals surface area contributed by atoms with Crippen LogP contribution in [0.15, 0.2) is 53.4 Å². The number of amides is 1. The maximum absolute atomic E-state index is 13.3. The van der Waals surface area contributed by atoms with Crippen LogP contribution in [0.1, 0.15) is 5.56 Å². The molecule has 1 N–H and O–H groups in total. The van der Waals surface area contributed by atoms with Gasteiger partial charge in [-0.05, 0) is 36.8 Å². The molecule has 1 atom stereocenters. The molecule has 1 aliphatic heterocycles. The molecule has 2 aromatic carbocycles. The van der Waals surface area contributed by atoms with Crippen molar-refractivity contribution in [3.8, 4) is 0 Å². The van der Waals surface area contributed by atoms with Crippen LogP contribution in [-0.2, 0) is 14.8 Å². The minimum absolute atomic E-state index is 0.0613. The van der Waals surface area contributed by atoms with Gasteiger partial charge in [-0.25, -0.2) is 22.3 Å². The summed E-state index contributed by atoms with van der Waals surface area (Å²) in [5.41, 5.74) is 0.995. The van der Waals surface area contributed by atoms with Gasteiger partial charge in [0, 0.05) is 6.54 Å². The fourth-order valence-corrected chi connectivity index (χ4v) is 3.93. The zero-order valence-electron chi connectivity index (χ0n) is 13.5. The molecule has 3 rings (SSSR count). The predicted octanol–water partition coefficient (Wildman–Crippen LogP) is 2.44. The van der Waals surface area contributed by atoms with Gasteiger partial charge in [-0.3, -0.25) is 4.90 Å². The maximum Gasteiger partial charge on any atom is 0.414 e. The van der Waals surface area contributed by atoms with Crippen molar-refractivity contribution in [3.63, 3.8) is 0 Å². The van der Waals surface area contributed by atoms with Gasteiger partial charge in [0.05, 0.1) is 17.1 Å². The Hall–Kier alpha value is -2.45. The second-order valence-electron chi connectivity index (χ2n) is 5.71. The monoisotopic (exact) mass is 364 g/mol. The van der Waals surface area contributed by atoms with Crippen LogP contribution in [0.25, 0.3) is 0 Å². The highest BCUT2D eigenvalue weighted by molar-refractivity contribution is 7.89. The van der Waals surface area contributed by atoms with Crippen LogP contribution >= 0.6 is 0 Å². The standard InChI is InChI=1S/C17H17FN2O4S/c1-12-5-2-3-8-16(12)25(22,23)19-10-15-11-20(17(21)24-15)14-7-4-6-13(18)9-14/h2-9,15,19H,10-11H2,1H3. The topological polar surface area (TPSA) is 75.7 Å². The van der Waals surface area contributed by atoms with Crippen molar-refractivity contribution in [1.82, 2.24) is 4.72 Å². The van der Waals surface area contributed by atoms with Gasteiger partial charge in [-0.2, -0.15) is 0 Å². The van der Waals surface area contributed by atoms with E-state index in [1.807, 2.05) is 0 Å². The summed E-state index contributed by atoms with van der Waals surface area (Å²) in [6, 6.07) is 12.2. The van der Waals surface area contributed by atoms with Crippen LogP contribution in [0, 0.1) is 12.7 Å². The molecule has 6 nitrogen and oxygen atoms in total. The Kier molecular flexibility index (Phi) is 4.73. The zero-order chi connectivity index (χ0) is 18.0. The number of anilines is 1. The molecular weight excluding hydrogens is 347 g/mol. The van der Waals surface area contributed by atoms with E-state index in [4.69, 9.17) is 4.74 Å². The normalized spacial score (nSPS) is 17.6. The van der Waals surface area contributed by atoms with Crippen LogP contribution in [-0.4, -0.2) is 33.7 Å². The number of hydrogen-bond donors (Lipinski definition) is 1. The summed E-state index contributed by atoms with van der Waals surface area (Å²) in [5.74, 6) is -0.464. The maximum atomic E-state index is 13.3. The highest BCUT2D eigenvalue weighted by Gasteiger charge is 2.33. The number of nitrogens with zero attached hydrogens (tertiary/aromatic N) is 1. The molecule has 0 aromatic heterocycles. The molecule has 1 fully saturated rings. The molecule has 1 aliphatic rings. The van der Waals surface area contributed by atoms with Gasteiger partial charge in [-0.15, -0.1) is 0 Å². The predicted molar refractivity (Wildman–Crippen MR) is 90.4 cm³/mol. The Bertz CT molecular complexity index is 901. The van der Waals surface area contributed by atoms with Gasteiger partial charge in [0.15, 0.2) is 0 Å². The number of carbonyl (C=O) groups excluding carboxylic acids is 1. The van der Waals surface area contributed by atoms with Gasteiger partial charge >= 0.3 is 6.09 Å². The van der Waals surface area contributed by atoms with Crippen LogP contribution in [0.2, 0.25) is 0 Å². The van der Waals surface area contributed by atoms with Gasteiger partial charge < -0.3 is 4.74 Å². The van der Waals surface area contributed by atoms with Gasteiger partial charge in [0.25, 0.3) is 0 Å². The van der Waals surface area contributed by atoms with Crippen molar-refractivity contribution < 1.29 is 22.3 Å². The zero-order valence-corrected chi connectivity index (χ0v) is 14.3. The lowest BCUT2D eigenvalue weighted by molar-refractivity contribution is 0.143. The average molecular weight is 364 g/mol. The quantitative estimate of drug-likeness (QED) is 0.884. The largest absolute Gasteiger partial charge is 0.443 e. The molecule has 0 radical (unpaired) electrons. The molecule has 8 heteroatoms. The molecule has 25 heavy (non-hydrogen) atoms. The summed E-state index contributed by atoms with van der Waals surface area (Å²) in [5, 5.41) is 0. The highest BCUT2D eigenvalue weighted by Crippen LogP contribution is 2.22. The summed E-state index contributed by atoms with van der Waals surface area (Å²) in [6.45, 7) is 1.78. The Morgan fingerprint density at radius 3 is 2.72 bits per heavy atom. The summed E-state index contributed by atoms with van der Waals surface area (Å²) < 4.78 is 45.7. The fraction of sp³-hybridized carbons (Fsp3) is 0.235. The van der Waals surface area contributed by atoms with Crippen LogP contribution in [0.4, 0.5) is 14.9 Å². The lowest BCUT2D eigenvalue weighted by atomic mass is 10.2. The number of cyclic esters (lactones) is 1. The van der Waals surface area contributed by atoms with Crippen molar-refractivity contribution in [2.75, 3.05) is 18.0 Å². The Labute approximate surface area is 145 Å². The third kappa shape index (κ3) is 3.80. The SMILES string of the molecule is Cc1ccccc1S(=O)(=O)NCC1CN(c2cccc(F)c2)C(=O)O1. The molecule has 1 saturated heterocycles. The third-order valence-electron chi connectivity index (χ3n) is 3.88. The molecule has 1 amide bonds. The smallest absolute Gasteiger partial charge is 0.414 e. The number of aryl methyl sites for hydroxylation is 1. The summed E-state index contributed by atoms with van der Waals surface area (Å²) >= 11 is 0. The summed E-state index contributed by atoms with van der Waals surface area (Å²) in [4.78, 5) is 13.4. The molecule has 0 spiro atoms. The Morgan fingerprint density at radius 1 is 1.24 bits per heavy atom. The first-order valence-corrected chi connectivity index (χ1v) is 9.14. The lowest BCUT2D eigenvalue weighted by Crippen LogP contribution is -2.34. The number of rotatable bonds is 5. The molecule has 1 heterocycles. The minimum Gasteiger partial charge on any atom is -0.443 e. The van der Waals surface area contributed by atoms with Gasteiger partial charge in [0.2, 0.25) is 10.0 Å². The number of benzene rings is 2. The Balaban J connectivity index is 1.67. The number of sulfonamides is 1. The van der Waals surface area contributed by atoms with Gasteiger partial charge in [-0.1, -0.05) is 24.3 Å². The summed E-state index contributed by atoms with van der Waals surface area (Å²) in [7, 11) is -3.70. The van der Waals surface area contributed by atoms with E-state index in [2.05, 4.69) is 4.72 Å². The number of ether oxygens (including phenoxy) is 1. The number of carbonyl (C=O) groups is 1. The molecule has 1 unspecified atom stereocenters. The van der Waals surface area contributed by atoms with E-state index in [-0.39, 0.29) is 18.0 Å². The average Bonchev–Trinajstić information content (AvgIpc) is 2.94. The summed E-state index contributed by atoms with van der Waals surface area (Å²) in [6.07, 6.45) is -1.29. The second-order valence-corrected chi connectivity index (χ2v) is 7.45. The molecular formula is C17H17FN2O4S. The van der Waals surface area contributed by atoms with E-state index < -0.39 is 28.0 Å². The molecule has 132 valence electrons.